The molecule has 0 radical (unpaired) electrons. The summed E-state index contributed by atoms with van der Waals surface area (Å²) in [5.41, 5.74) is 1.67. The molecule has 0 saturated heterocycles. The van der Waals surface area contributed by atoms with Gasteiger partial charge in [-0.1, -0.05) is 148 Å². The highest BCUT2D eigenvalue weighted by Crippen LogP contribution is 2.30. The maximum Gasteiger partial charge on any atom is 0.185 e. The second-order valence-corrected chi connectivity index (χ2v) is 14.0. The molecule has 0 aromatic heterocycles. The monoisotopic (exact) mass is 650 g/mol. The second-order valence-electron chi connectivity index (χ2n) is 12.8. The summed E-state index contributed by atoms with van der Waals surface area (Å²) in [7, 11) is 0. The molecule has 0 aliphatic heterocycles. The number of unbranched alkanes of at least 4 members (excludes halogenated alkanes) is 18. The number of benzene rings is 2. The number of ether oxygens (including phenoxy) is 2. The van der Waals surface area contributed by atoms with Crippen LogP contribution in [0.4, 0.5) is 0 Å². The number of carbonyl (C=O) groups is 1. The third-order valence-electron chi connectivity index (χ3n) is 8.52. The molecule has 0 spiro atoms. The van der Waals surface area contributed by atoms with E-state index in [0.29, 0.717) is 18.8 Å². The Balaban J connectivity index is 1.84. The zero-order valence-electron chi connectivity index (χ0n) is 29.8. The molecule has 3 nitrogen and oxygen atoms in total. The number of thioether (sulfide) groups is 1. The van der Waals surface area contributed by atoms with E-state index < -0.39 is 0 Å². The lowest BCUT2D eigenvalue weighted by molar-refractivity contribution is 0.104. The third-order valence-corrected chi connectivity index (χ3v) is 9.74. The van der Waals surface area contributed by atoms with E-state index in [1.807, 2.05) is 60.3 Å². The molecule has 0 saturated carbocycles. The number of hydrogen-bond acceptors (Lipinski definition) is 4. The highest BCUT2D eigenvalue weighted by Gasteiger charge is 2.08. The quantitative estimate of drug-likeness (QED) is 0.0365. The standard InChI is InChI=1S/C42H66O3S/c1-4-7-9-11-13-15-17-19-21-23-33-44-41-32-26-37(25-31-40(43)38-27-29-39(30-28-38)46-35-6-3)36-42(41)45-34-24-22-20-18-16-14-12-10-8-5-2/h25-32,36H,4-24,33-35H2,1-3H3. The van der Waals surface area contributed by atoms with Crippen LogP contribution in [0, 0.1) is 0 Å². The molecule has 4 heteroatoms. The van der Waals surface area contributed by atoms with Gasteiger partial charge in [-0.3, -0.25) is 4.79 Å². The molecule has 46 heavy (non-hydrogen) atoms. The van der Waals surface area contributed by atoms with Crippen LogP contribution in [0.5, 0.6) is 11.5 Å². The normalized spacial score (nSPS) is 11.4. The van der Waals surface area contributed by atoms with Gasteiger partial charge < -0.3 is 9.47 Å². The number of allylic oxidation sites excluding steroid dienone is 1. The molecule has 0 heterocycles. The van der Waals surface area contributed by atoms with E-state index in [0.717, 1.165) is 42.1 Å². The van der Waals surface area contributed by atoms with E-state index in [2.05, 4.69) is 20.8 Å². The van der Waals surface area contributed by atoms with Gasteiger partial charge in [0.2, 0.25) is 0 Å². The van der Waals surface area contributed by atoms with Gasteiger partial charge >= 0.3 is 0 Å². The van der Waals surface area contributed by atoms with Crippen LogP contribution in [0.3, 0.4) is 0 Å². The van der Waals surface area contributed by atoms with Crippen LogP contribution in [0.25, 0.3) is 6.08 Å². The van der Waals surface area contributed by atoms with Gasteiger partial charge in [0.1, 0.15) is 0 Å². The molecule has 2 rings (SSSR count). The average molecular weight is 651 g/mol. The summed E-state index contributed by atoms with van der Waals surface area (Å²) in [6.07, 6.45) is 30.9. The SMILES string of the molecule is CCCCCCCCCCCCOc1ccc(C=CC(=O)c2ccc(SCCC)cc2)cc1OCCCCCCCCCCCC. The largest absolute Gasteiger partial charge is 0.490 e. The van der Waals surface area contributed by atoms with E-state index in [4.69, 9.17) is 9.47 Å². The number of ketones is 1. The Labute approximate surface area is 287 Å². The minimum atomic E-state index is 0.0150. The predicted octanol–water partition coefficient (Wildman–Crippen LogP) is 13.7. The molecule has 0 N–H and O–H groups in total. The fourth-order valence-corrected chi connectivity index (χ4v) is 6.38. The first-order chi connectivity index (χ1) is 22.7. The highest BCUT2D eigenvalue weighted by atomic mass is 32.2. The maximum atomic E-state index is 12.9. The molecule has 0 atom stereocenters. The van der Waals surface area contributed by atoms with E-state index in [-0.39, 0.29) is 5.78 Å². The van der Waals surface area contributed by atoms with Gasteiger partial charge in [-0.15, -0.1) is 11.8 Å². The Morgan fingerprint density at radius 3 is 1.54 bits per heavy atom. The first-order valence-corrected chi connectivity index (χ1v) is 20.0. The van der Waals surface area contributed by atoms with Crippen molar-refractivity contribution in [3.8, 4) is 11.5 Å². The molecule has 0 aliphatic carbocycles. The Hall–Kier alpha value is -2.20. The summed E-state index contributed by atoms with van der Waals surface area (Å²) >= 11 is 1.83. The minimum Gasteiger partial charge on any atom is -0.490 e. The lowest BCUT2D eigenvalue weighted by Crippen LogP contribution is -2.03. The number of hydrogen-bond donors (Lipinski definition) is 0. The molecule has 0 bridgehead atoms. The van der Waals surface area contributed by atoms with Gasteiger partial charge in [-0.2, -0.15) is 0 Å². The Bertz CT molecular complexity index is 1050. The summed E-state index contributed by atoms with van der Waals surface area (Å²) in [6, 6.07) is 14.0. The summed E-state index contributed by atoms with van der Waals surface area (Å²) in [5.74, 6) is 2.71. The minimum absolute atomic E-state index is 0.0150. The van der Waals surface area contributed by atoms with Crippen molar-refractivity contribution >= 4 is 23.6 Å². The zero-order chi connectivity index (χ0) is 32.9. The molecule has 0 unspecified atom stereocenters. The topological polar surface area (TPSA) is 35.5 Å². The molecular formula is C42H66O3S. The molecule has 0 aliphatic rings. The average Bonchev–Trinajstić information content (AvgIpc) is 3.08. The Morgan fingerprint density at radius 2 is 1.04 bits per heavy atom. The maximum absolute atomic E-state index is 12.9. The molecule has 2 aromatic carbocycles. The van der Waals surface area contributed by atoms with Crippen molar-refractivity contribution in [1.29, 1.82) is 0 Å². The van der Waals surface area contributed by atoms with Crippen LogP contribution in [0.1, 0.15) is 172 Å². The van der Waals surface area contributed by atoms with Crippen molar-refractivity contribution in [2.45, 2.75) is 161 Å². The van der Waals surface area contributed by atoms with E-state index in [1.54, 1.807) is 6.08 Å². The van der Waals surface area contributed by atoms with Crippen molar-refractivity contribution < 1.29 is 14.3 Å². The van der Waals surface area contributed by atoms with Gasteiger partial charge in [0.15, 0.2) is 17.3 Å². The van der Waals surface area contributed by atoms with Crippen LogP contribution in [-0.2, 0) is 0 Å². The van der Waals surface area contributed by atoms with Gasteiger partial charge in [-0.05, 0) is 73.1 Å². The molecule has 0 fully saturated rings. The van der Waals surface area contributed by atoms with Crippen molar-refractivity contribution in [1.82, 2.24) is 0 Å². The van der Waals surface area contributed by atoms with Gasteiger partial charge in [0, 0.05) is 10.5 Å². The van der Waals surface area contributed by atoms with Gasteiger partial charge in [0.05, 0.1) is 13.2 Å². The second kappa shape index (κ2) is 27.9. The number of carbonyl (C=O) groups excluding carboxylic acids is 1. The van der Waals surface area contributed by atoms with Crippen LogP contribution in [0.2, 0.25) is 0 Å². The van der Waals surface area contributed by atoms with Crippen molar-refractivity contribution in [3.63, 3.8) is 0 Å². The van der Waals surface area contributed by atoms with Crippen molar-refractivity contribution in [2.24, 2.45) is 0 Å². The van der Waals surface area contributed by atoms with Crippen LogP contribution in [0.15, 0.2) is 53.4 Å². The van der Waals surface area contributed by atoms with Crippen LogP contribution < -0.4 is 9.47 Å². The Kier molecular flexibility index (Phi) is 24.2. The zero-order valence-corrected chi connectivity index (χ0v) is 30.6. The van der Waals surface area contributed by atoms with E-state index >= 15 is 0 Å². The molecule has 0 amide bonds. The summed E-state index contributed by atoms with van der Waals surface area (Å²) < 4.78 is 12.5. The Morgan fingerprint density at radius 1 is 0.565 bits per heavy atom. The van der Waals surface area contributed by atoms with Crippen molar-refractivity contribution in [2.75, 3.05) is 19.0 Å². The van der Waals surface area contributed by atoms with Crippen molar-refractivity contribution in [3.05, 3.63) is 59.7 Å². The lowest BCUT2D eigenvalue weighted by Gasteiger charge is -2.14. The summed E-state index contributed by atoms with van der Waals surface area (Å²) in [5, 5.41) is 0. The van der Waals surface area contributed by atoms with E-state index in [1.165, 1.54) is 120 Å². The molecule has 258 valence electrons. The fourth-order valence-electron chi connectivity index (χ4n) is 5.61. The van der Waals surface area contributed by atoms with Gasteiger partial charge in [-0.25, -0.2) is 0 Å². The smallest absolute Gasteiger partial charge is 0.185 e. The highest BCUT2D eigenvalue weighted by molar-refractivity contribution is 7.99. The fraction of sp³-hybridized carbons (Fsp3) is 0.643. The van der Waals surface area contributed by atoms with Crippen LogP contribution in [-0.4, -0.2) is 24.7 Å². The number of rotatable bonds is 30. The molecular weight excluding hydrogens is 585 g/mol. The predicted molar refractivity (Wildman–Crippen MR) is 202 cm³/mol. The first-order valence-electron chi connectivity index (χ1n) is 19.0. The van der Waals surface area contributed by atoms with Crippen LogP contribution >= 0.6 is 11.8 Å². The van der Waals surface area contributed by atoms with Gasteiger partial charge in [0.25, 0.3) is 0 Å². The van der Waals surface area contributed by atoms with E-state index in [9.17, 15) is 4.79 Å². The summed E-state index contributed by atoms with van der Waals surface area (Å²) in [6.45, 7) is 8.14. The molecule has 2 aromatic rings. The summed E-state index contributed by atoms with van der Waals surface area (Å²) in [4.78, 5) is 14.1. The lowest BCUT2D eigenvalue weighted by atomic mass is 10.1. The third kappa shape index (κ3) is 19.5. The first kappa shape index (κ1) is 40.0.